The average molecular weight is 119 g/mol. The molecule has 0 rings (SSSR count). The highest BCUT2D eigenvalue weighted by Gasteiger charge is 1.97. The lowest BCUT2D eigenvalue weighted by Crippen LogP contribution is -2.16. The zero-order valence-corrected chi connectivity index (χ0v) is 5.13. The van der Waals surface area contributed by atoms with E-state index in [1.807, 2.05) is 6.92 Å². The first-order chi connectivity index (χ1) is 3.81. The third kappa shape index (κ3) is 4.05. The van der Waals surface area contributed by atoms with Crippen molar-refractivity contribution in [3.8, 4) is 0 Å². The average Bonchev–Trinajstić information content (AvgIpc) is 1.68. The van der Waals surface area contributed by atoms with Crippen LogP contribution in [0.25, 0.3) is 0 Å². The predicted molar refractivity (Wildman–Crippen MR) is 31.3 cm³/mol. The van der Waals surface area contributed by atoms with Crippen LogP contribution in [0.5, 0.6) is 0 Å². The zero-order chi connectivity index (χ0) is 6.41. The van der Waals surface area contributed by atoms with E-state index in [0.717, 1.165) is 0 Å². The molecule has 0 spiro atoms. The molecule has 0 aromatic heterocycles. The molecule has 50 valence electrons. The smallest absolute Gasteiger partial charge is 0.155 e. The van der Waals surface area contributed by atoms with Gasteiger partial charge in [-0.3, -0.25) is 0 Å². The molecule has 0 bridgehead atoms. The molecule has 0 fully saturated rings. The fourth-order valence-electron chi connectivity index (χ4n) is 0.418. The Bertz CT molecular complexity index is 43.7. The van der Waals surface area contributed by atoms with Crippen molar-refractivity contribution >= 4 is 0 Å². The van der Waals surface area contributed by atoms with Crippen molar-refractivity contribution in [2.75, 3.05) is 13.2 Å². The summed E-state index contributed by atoms with van der Waals surface area (Å²) in [5.41, 5.74) is 5.12. The molecule has 0 heterocycles. The Hall–Kier alpha value is -0.120. The topological polar surface area (TPSA) is 55.5 Å². The van der Waals surface area contributed by atoms with Gasteiger partial charge in [-0.15, -0.1) is 0 Å². The van der Waals surface area contributed by atoms with E-state index in [0.29, 0.717) is 19.6 Å². The molecule has 0 saturated carbocycles. The first-order valence-corrected chi connectivity index (χ1v) is 2.81. The van der Waals surface area contributed by atoms with Crippen LogP contribution in [0, 0.1) is 0 Å². The molecular formula is C5H13NO2. The van der Waals surface area contributed by atoms with E-state index in [-0.39, 0.29) is 0 Å². The van der Waals surface area contributed by atoms with E-state index in [4.69, 9.17) is 15.6 Å². The summed E-state index contributed by atoms with van der Waals surface area (Å²) in [5, 5.41) is 8.75. The normalized spacial score (nSPS) is 13.9. The Morgan fingerprint density at radius 2 is 2.38 bits per heavy atom. The van der Waals surface area contributed by atoms with Crippen LogP contribution in [0.4, 0.5) is 0 Å². The molecule has 0 aliphatic heterocycles. The molecule has 8 heavy (non-hydrogen) atoms. The Labute approximate surface area is 49.4 Å². The van der Waals surface area contributed by atoms with E-state index in [1.165, 1.54) is 0 Å². The summed E-state index contributed by atoms with van der Waals surface area (Å²) in [4.78, 5) is 0. The quantitative estimate of drug-likeness (QED) is 0.499. The second kappa shape index (κ2) is 5.03. The first kappa shape index (κ1) is 7.88. The highest BCUT2D eigenvalue weighted by atomic mass is 16.6. The maximum Gasteiger partial charge on any atom is 0.155 e. The van der Waals surface area contributed by atoms with Crippen LogP contribution in [0.3, 0.4) is 0 Å². The minimum absolute atomic E-state index is 0.473. The fourth-order valence-corrected chi connectivity index (χ4v) is 0.418. The third-order valence-corrected chi connectivity index (χ3v) is 0.773. The van der Waals surface area contributed by atoms with E-state index < -0.39 is 6.29 Å². The highest BCUT2D eigenvalue weighted by molar-refractivity contribution is 4.40. The molecular weight excluding hydrogens is 106 g/mol. The molecule has 3 N–H and O–H groups in total. The van der Waals surface area contributed by atoms with E-state index in [1.54, 1.807) is 0 Å². The monoisotopic (exact) mass is 119 g/mol. The van der Waals surface area contributed by atoms with E-state index >= 15 is 0 Å². The van der Waals surface area contributed by atoms with Gasteiger partial charge in [0.2, 0.25) is 0 Å². The van der Waals surface area contributed by atoms with Gasteiger partial charge in [0.25, 0.3) is 0 Å². The lowest BCUT2D eigenvalue weighted by atomic mass is 10.4. The van der Waals surface area contributed by atoms with Crippen molar-refractivity contribution in [2.45, 2.75) is 19.6 Å². The molecule has 0 saturated heterocycles. The van der Waals surface area contributed by atoms with Gasteiger partial charge in [0.1, 0.15) is 0 Å². The van der Waals surface area contributed by atoms with Gasteiger partial charge < -0.3 is 15.6 Å². The second-order valence-corrected chi connectivity index (χ2v) is 1.49. The summed E-state index contributed by atoms with van der Waals surface area (Å²) in [6, 6.07) is 0. The lowest BCUT2D eigenvalue weighted by Gasteiger charge is -2.06. The molecule has 0 aliphatic rings. The molecule has 0 amide bonds. The van der Waals surface area contributed by atoms with Gasteiger partial charge in [-0.25, -0.2) is 0 Å². The summed E-state index contributed by atoms with van der Waals surface area (Å²) in [5.74, 6) is 0. The molecule has 1 unspecified atom stereocenters. The predicted octanol–water partition coefficient (Wildman–Crippen LogP) is -0.310. The van der Waals surface area contributed by atoms with Gasteiger partial charge in [-0.2, -0.15) is 0 Å². The van der Waals surface area contributed by atoms with Crippen molar-refractivity contribution in [2.24, 2.45) is 5.73 Å². The molecule has 1 atom stereocenters. The SMILES string of the molecule is CCOC(O)CCN. The van der Waals surface area contributed by atoms with Crippen LogP contribution >= 0.6 is 0 Å². The van der Waals surface area contributed by atoms with Crippen molar-refractivity contribution in [3.05, 3.63) is 0 Å². The fraction of sp³-hybridized carbons (Fsp3) is 1.00. The van der Waals surface area contributed by atoms with Gasteiger partial charge in [0.15, 0.2) is 6.29 Å². The van der Waals surface area contributed by atoms with Crippen molar-refractivity contribution < 1.29 is 9.84 Å². The van der Waals surface area contributed by atoms with Crippen molar-refractivity contribution in [1.29, 1.82) is 0 Å². The summed E-state index contributed by atoms with van der Waals surface area (Å²) in [6.45, 7) is 2.85. The Balaban J connectivity index is 2.92. The molecule has 0 aromatic carbocycles. The van der Waals surface area contributed by atoms with Crippen LogP contribution in [-0.4, -0.2) is 24.5 Å². The van der Waals surface area contributed by atoms with Crippen LogP contribution in [0.15, 0.2) is 0 Å². The largest absolute Gasteiger partial charge is 0.368 e. The maximum absolute atomic E-state index is 8.75. The molecule has 3 heteroatoms. The Morgan fingerprint density at radius 1 is 1.75 bits per heavy atom. The van der Waals surface area contributed by atoms with Crippen molar-refractivity contribution in [3.63, 3.8) is 0 Å². The van der Waals surface area contributed by atoms with E-state index in [9.17, 15) is 0 Å². The number of rotatable bonds is 4. The van der Waals surface area contributed by atoms with Crippen molar-refractivity contribution in [1.82, 2.24) is 0 Å². The number of nitrogens with two attached hydrogens (primary N) is 1. The lowest BCUT2D eigenvalue weighted by molar-refractivity contribution is -0.0966. The van der Waals surface area contributed by atoms with E-state index in [2.05, 4.69) is 0 Å². The molecule has 0 aliphatic carbocycles. The maximum atomic E-state index is 8.75. The minimum atomic E-state index is -0.662. The Kier molecular flexibility index (Phi) is 4.95. The Morgan fingerprint density at radius 3 is 2.75 bits per heavy atom. The number of aliphatic hydroxyl groups is 1. The van der Waals surface area contributed by atoms with Crippen LogP contribution in [0.2, 0.25) is 0 Å². The zero-order valence-electron chi connectivity index (χ0n) is 5.13. The number of hydrogen-bond donors (Lipinski definition) is 2. The minimum Gasteiger partial charge on any atom is -0.368 e. The number of ether oxygens (including phenoxy) is 1. The molecule has 3 nitrogen and oxygen atoms in total. The summed E-state index contributed by atoms with van der Waals surface area (Å²) >= 11 is 0. The number of aliphatic hydroxyl groups excluding tert-OH is 1. The van der Waals surface area contributed by atoms with Crippen LogP contribution in [-0.2, 0) is 4.74 Å². The second-order valence-electron chi connectivity index (χ2n) is 1.49. The molecule has 0 aromatic rings. The third-order valence-electron chi connectivity index (χ3n) is 0.773. The number of hydrogen-bond acceptors (Lipinski definition) is 3. The first-order valence-electron chi connectivity index (χ1n) is 2.81. The van der Waals surface area contributed by atoms with Gasteiger partial charge in [-0.1, -0.05) is 0 Å². The summed E-state index contributed by atoms with van der Waals surface area (Å²) in [6.07, 6.45) is -0.140. The summed E-state index contributed by atoms with van der Waals surface area (Å²) < 4.78 is 4.76. The van der Waals surface area contributed by atoms with Crippen LogP contribution < -0.4 is 5.73 Å². The van der Waals surface area contributed by atoms with Gasteiger partial charge in [0, 0.05) is 13.0 Å². The van der Waals surface area contributed by atoms with Gasteiger partial charge >= 0.3 is 0 Å². The molecule has 0 radical (unpaired) electrons. The standard InChI is InChI=1S/C5H13NO2/c1-2-8-5(7)3-4-6/h5,7H,2-4,6H2,1H3. The van der Waals surface area contributed by atoms with Gasteiger partial charge in [-0.05, 0) is 13.5 Å². The highest BCUT2D eigenvalue weighted by Crippen LogP contribution is 1.89. The van der Waals surface area contributed by atoms with Gasteiger partial charge in [0.05, 0.1) is 0 Å². The summed E-state index contributed by atoms with van der Waals surface area (Å²) in [7, 11) is 0. The van der Waals surface area contributed by atoms with Crippen LogP contribution in [0.1, 0.15) is 13.3 Å².